The number of carboxylic acids is 1. The van der Waals surface area contributed by atoms with E-state index in [-0.39, 0.29) is 83.4 Å². The molecule has 0 radical (unpaired) electrons. The summed E-state index contributed by atoms with van der Waals surface area (Å²) < 4.78 is 75.4. The number of aromatic nitrogens is 4. The Kier molecular flexibility index (Phi) is 16.8. The molecule has 3 N–H and O–H groups in total. The number of hydrogen-bond donors (Lipinski definition) is 3. The second-order valence-electron chi connectivity index (χ2n) is 16.4. The molecule has 0 aliphatic heterocycles. The molecule has 0 aliphatic rings. The number of carbonyl (C=O) groups excluding carboxylic acids is 3. The molecule has 0 atom stereocenters. The van der Waals surface area contributed by atoms with Crippen LogP contribution in [0.4, 0.5) is 29.7 Å². The summed E-state index contributed by atoms with van der Waals surface area (Å²) in [4.78, 5) is 62.8. The number of rotatable bonds is 16. The standard InChI is InChI=1S/C21H28FN3O7.C20H26FN3O7/c1-20(2,3)32-19(27)31-9-8-30-16-13-10-12(25-21(4,5)17(26)28-6)11-14(22)15(13)23-18(24-16)29-7;1-19(2,3)31-18(27)30-8-7-29-15-12-9-11(24-20(4,5)16(25)26)10-13(21)14(12)22-17(23-15)28-6/h10-11,25H,8-9H2,1-7H3;9-10,24H,7-8H2,1-6H3,(H,25,26). The Morgan fingerprint density at radius 2 is 0.968 bits per heavy atom. The van der Waals surface area contributed by atoms with Crippen LogP contribution in [0.25, 0.3) is 21.8 Å². The first-order valence-electron chi connectivity index (χ1n) is 19.1. The smallest absolute Gasteiger partial charge is 0.480 e. The van der Waals surface area contributed by atoms with Crippen molar-refractivity contribution in [2.24, 2.45) is 0 Å². The number of nitrogens with zero attached hydrogens (tertiary/aromatic N) is 4. The van der Waals surface area contributed by atoms with Crippen LogP contribution >= 0.6 is 0 Å². The summed E-state index contributed by atoms with van der Waals surface area (Å²) in [5, 5.41) is 15.4. The molecule has 63 heavy (non-hydrogen) atoms. The number of methoxy groups -OCH3 is 3. The predicted octanol–water partition coefficient (Wildman–Crippen LogP) is 6.85. The normalized spacial score (nSPS) is 11.7. The number of fused-ring (bicyclic) bond motifs is 2. The summed E-state index contributed by atoms with van der Waals surface area (Å²) in [7, 11) is 3.92. The van der Waals surface area contributed by atoms with Crippen LogP contribution in [0.1, 0.15) is 69.2 Å². The highest BCUT2D eigenvalue weighted by Gasteiger charge is 2.30. The minimum atomic E-state index is -1.35. The summed E-state index contributed by atoms with van der Waals surface area (Å²) >= 11 is 0. The quantitative estimate of drug-likeness (QED) is 0.0591. The van der Waals surface area contributed by atoms with Crippen LogP contribution in [0.15, 0.2) is 24.3 Å². The summed E-state index contributed by atoms with van der Waals surface area (Å²) in [6, 6.07) is 5.08. The van der Waals surface area contributed by atoms with Crippen molar-refractivity contribution in [1.82, 2.24) is 19.9 Å². The van der Waals surface area contributed by atoms with Gasteiger partial charge in [-0.25, -0.2) is 28.0 Å². The van der Waals surface area contributed by atoms with E-state index in [1.54, 1.807) is 55.4 Å². The van der Waals surface area contributed by atoms with E-state index in [1.807, 2.05) is 0 Å². The number of benzene rings is 2. The molecule has 2 heterocycles. The molecule has 0 aliphatic carbocycles. The molecule has 4 rings (SSSR count). The van der Waals surface area contributed by atoms with Crippen molar-refractivity contribution in [3.63, 3.8) is 0 Å². The van der Waals surface area contributed by atoms with Gasteiger partial charge in [0, 0.05) is 11.4 Å². The highest BCUT2D eigenvalue weighted by molar-refractivity contribution is 5.91. The zero-order chi connectivity index (χ0) is 47.5. The van der Waals surface area contributed by atoms with Gasteiger partial charge in [-0.3, -0.25) is 0 Å². The van der Waals surface area contributed by atoms with Gasteiger partial charge in [0.15, 0.2) is 11.6 Å². The SMILES string of the molecule is COC(=O)C(C)(C)Nc1cc(F)c2nc(OC)nc(OCCOC(=O)OC(C)(C)C)c2c1.COc1nc(OCCOC(=O)OC(C)(C)C)c2cc(NC(C)(C)C(=O)O)cc(F)c2n1. The van der Waals surface area contributed by atoms with Crippen molar-refractivity contribution in [2.75, 3.05) is 58.4 Å². The zero-order valence-corrected chi connectivity index (χ0v) is 37.4. The molecule has 346 valence electrons. The molecule has 0 amide bonds. The van der Waals surface area contributed by atoms with Crippen molar-refractivity contribution in [3.05, 3.63) is 35.9 Å². The number of anilines is 2. The number of halogens is 2. The molecule has 20 nitrogen and oxygen atoms in total. The van der Waals surface area contributed by atoms with Crippen LogP contribution in [0.3, 0.4) is 0 Å². The summed E-state index contributed by atoms with van der Waals surface area (Å²) in [5.41, 5.74) is -3.49. The third kappa shape index (κ3) is 15.3. The Morgan fingerprint density at radius 3 is 1.30 bits per heavy atom. The van der Waals surface area contributed by atoms with Gasteiger partial charge in [-0.05, 0) is 93.5 Å². The van der Waals surface area contributed by atoms with Gasteiger partial charge in [-0.15, -0.1) is 0 Å². The predicted molar refractivity (Wildman–Crippen MR) is 223 cm³/mol. The minimum absolute atomic E-state index is 0.0121. The average Bonchev–Trinajstić information content (AvgIpc) is 3.16. The van der Waals surface area contributed by atoms with Crippen molar-refractivity contribution in [1.29, 1.82) is 0 Å². The number of carboxylic acid groups (broad SMARTS) is 1. The lowest BCUT2D eigenvalue weighted by Gasteiger charge is -2.24. The fourth-order valence-electron chi connectivity index (χ4n) is 5.00. The highest BCUT2D eigenvalue weighted by atomic mass is 19.1. The second kappa shape index (κ2) is 20.9. The fourth-order valence-corrected chi connectivity index (χ4v) is 5.00. The first kappa shape index (κ1) is 50.6. The van der Waals surface area contributed by atoms with E-state index in [0.29, 0.717) is 0 Å². The number of esters is 1. The van der Waals surface area contributed by atoms with Crippen molar-refractivity contribution in [2.45, 2.75) is 91.5 Å². The molecule has 0 saturated carbocycles. The molecule has 0 saturated heterocycles. The lowest BCUT2D eigenvalue weighted by molar-refractivity contribution is -0.144. The van der Waals surface area contributed by atoms with Crippen LogP contribution in [0, 0.1) is 11.6 Å². The van der Waals surface area contributed by atoms with Crippen molar-refractivity contribution < 1.29 is 75.7 Å². The van der Waals surface area contributed by atoms with Gasteiger partial charge in [-0.1, -0.05) is 0 Å². The van der Waals surface area contributed by atoms with E-state index in [1.165, 1.54) is 53.4 Å². The fraction of sp³-hybridized carbons (Fsp3) is 0.512. The molecule has 2 aromatic carbocycles. The van der Waals surface area contributed by atoms with Crippen LogP contribution in [-0.2, 0) is 33.3 Å². The van der Waals surface area contributed by atoms with Gasteiger partial charge >= 0.3 is 36.3 Å². The topological polar surface area (TPSA) is 247 Å². The van der Waals surface area contributed by atoms with E-state index in [9.17, 15) is 33.1 Å². The Morgan fingerprint density at radius 1 is 0.587 bits per heavy atom. The molecular formula is C41H54F2N6O14. The first-order chi connectivity index (χ1) is 29.2. The van der Waals surface area contributed by atoms with Crippen molar-refractivity contribution >= 4 is 57.4 Å². The monoisotopic (exact) mass is 892 g/mol. The van der Waals surface area contributed by atoms with Gasteiger partial charge < -0.3 is 58.4 Å². The lowest BCUT2D eigenvalue weighted by Crippen LogP contribution is -2.41. The molecule has 0 fully saturated rings. The number of ether oxygens (including phenoxy) is 9. The second-order valence-corrected chi connectivity index (χ2v) is 16.4. The van der Waals surface area contributed by atoms with E-state index in [0.717, 1.165) is 6.07 Å². The van der Waals surface area contributed by atoms with E-state index < -0.39 is 58.2 Å². The molecule has 2 aromatic heterocycles. The van der Waals surface area contributed by atoms with Crippen LogP contribution < -0.4 is 29.6 Å². The van der Waals surface area contributed by atoms with Gasteiger partial charge in [0.1, 0.15) is 59.7 Å². The highest BCUT2D eigenvalue weighted by Crippen LogP contribution is 2.33. The Labute approximate surface area is 362 Å². The van der Waals surface area contributed by atoms with Crippen LogP contribution in [0.2, 0.25) is 0 Å². The summed E-state index contributed by atoms with van der Waals surface area (Å²) in [6.45, 7) is 15.9. The molecule has 0 spiro atoms. The summed E-state index contributed by atoms with van der Waals surface area (Å²) in [6.07, 6.45) is -1.69. The molecular weight excluding hydrogens is 838 g/mol. The average molecular weight is 893 g/mol. The maximum Gasteiger partial charge on any atom is 0.508 e. The largest absolute Gasteiger partial charge is 0.508 e. The van der Waals surface area contributed by atoms with E-state index in [4.69, 9.17) is 42.6 Å². The summed E-state index contributed by atoms with van der Waals surface area (Å²) in [5.74, 6) is -3.06. The lowest BCUT2D eigenvalue weighted by atomic mass is 10.0. The van der Waals surface area contributed by atoms with E-state index in [2.05, 4.69) is 30.6 Å². The zero-order valence-electron chi connectivity index (χ0n) is 37.4. The maximum atomic E-state index is 14.8. The number of carbonyl (C=O) groups is 4. The number of aliphatic carboxylic acids is 1. The number of hydrogen-bond acceptors (Lipinski definition) is 19. The molecule has 4 aromatic rings. The maximum absolute atomic E-state index is 14.8. The van der Waals surface area contributed by atoms with Gasteiger partial charge in [-0.2, -0.15) is 19.9 Å². The molecule has 0 bridgehead atoms. The minimum Gasteiger partial charge on any atom is -0.480 e. The first-order valence-corrected chi connectivity index (χ1v) is 19.1. The molecule has 0 unspecified atom stereocenters. The van der Waals surface area contributed by atoms with Crippen LogP contribution in [-0.4, -0.2) is 119 Å². The Hall–Kier alpha value is -6.74. The van der Waals surface area contributed by atoms with E-state index >= 15 is 0 Å². The third-order valence-electron chi connectivity index (χ3n) is 7.77. The third-order valence-corrected chi connectivity index (χ3v) is 7.77. The van der Waals surface area contributed by atoms with Gasteiger partial charge in [0.05, 0.1) is 32.1 Å². The van der Waals surface area contributed by atoms with Crippen molar-refractivity contribution in [3.8, 4) is 23.8 Å². The number of nitrogens with one attached hydrogen (secondary N) is 2. The van der Waals surface area contributed by atoms with Crippen LogP contribution in [0.5, 0.6) is 23.8 Å². The Balaban J connectivity index is 0.000000335. The Bertz CT molecular complexity index is 2280. The molecule has 22 heteroatoms. The van der Waals surface area contributed by atoms with Gasteiger partial charge in [0.25, 0.3) is 0 Å². The van der Waals surface area contributed by atoms with Gasteiger partial charge in [0.2, 0.25) is 11.8 Å².